The minimum absolute atomic E-state index is 0.201. The number of nitrogens with one attached hydrogen (secondary N) is 2. The largest absolute Gasteiger partial charge is 0.338 e. The van der Waals surface area contributed by atoms with Crippen LogP contribution in [-0.4, -0.2) is 17.6 Å². The highest BCUT2D eigenvalue weighted by Crippen LogP contribution is 2.04. The molecule has 0 bridgehead atoms. The number of aromatic nitrogens is 1. The lowest BCUT2D eigenvalue weighted by atomic mass is 10.3. The predicted molar refractivity (Wildman–Crippen MR) is 51.7 cm³/mol. The quantitative estimate of drug-likeness (QED) is 0.723. The maximum atomic E-state index is 11.0. The zero-order chi connectivity index (χ0) is 9.68. The summed E-state index contributed by atoms with van der Waals surface area (Å²) in [5.41, 5.74) is 1.64. The number of carbonyl (C=O) groups is 1. The fraction of sp³-hybridized carbons (Fsp3) is 0.333. The van der Waals surface area contributed by atoms with Crippen LogP contribution in [0.5, 0.6) is 0 Å². The molecule has 0 saturated carbocycles. The van der Waals surface area contributed by atoms with Gasteiger partial charge in [0.05, 0.1) is 11.9 Å². The molecule has 0 atom stereocenters. The summed E-state index contributed by atoms with van der Waals surface area (Å²) in [4.78, 5) is 15.1. The highest BCUT2D eigenvalue weighted by molar-refractivity contribution is 5.88. The molecule has 0 fully saturated rings. The first-order valence-corrected chi connectivity index (χ1v) is 4.20. The van der Waals surface area contributed by atoms with Crippen LogP contribution in [0.25, 0.3) is 0 Å². The molecule has 4 nitrogen and oxygen atoms in total. The number of aryl methyl sites for hydroxylation is 1. The summed E-state index contributed by atoms with van der Waals surface area (Å²) in [6.07, 6.45) is 1.63. The number of carbonyl (C=O) groups excluding carboxylic acids is 1. The van der Waals surface area contributed by atoms with E-state index in [1.165, 1.54) is 0 Å². The van der Waals surface area contributed by atoms with E-state index in [-0.39, 0.29) is 6.03 Å². The Hall–Kier alpha value is -1.58. The Morgan fingerprint density at radius 1 is 1.54 bits per heavy atom. The van der Waals surface area contributed by atoms with Gasteiger partial charge in [0.2, 0.25) is 0 Å². The molecule has 13 heavy (non-hydrogen) atoms. The van der Waals surface area contributed by atoms with Crippen LogP contribution < -0.4 is 10.6 Å². The van der Waals surface area contributed by atoms with E-state index in [4.69, 9.17) is 0 Å². The van der Waals surface area contributed by atoms with Crippen molar-refractivity contribution in [2.24, 2.45) is 0 Å². The molecule has 0 aliphatic carbocycles. The van der Waals surface area contributed by atoms with E-state index in [0.29, 0.717) is 12.2 Å². The van der Waals surface area contributed by atoms with Gasteiger partial charge in [-0.3, -0.25) is 4.98 Å². The third kappa shape index (κ3) is 3.11. The van der Waals surface area contributed by atoms with Crippen LogP contribution in [-0.2, 0) is 0 Å². The zero-order valence-corrected chi connectivity index (χ0v) is 7.79. The summed E-state index contributed by atoms with van der Waals surface area (Å²) in [5.74, 6) is 0. The summed E-state index contributed by atoms with van der Waals surface area (Å²) >= 11 is 0. The monoisotopic (exact) mass is 179 g/mol. The highest BCUT2D eigenvalue weighted by atomic mass is 16.2. The van der Waals surface area contributed by atoms with E-state index >= 15 is 0 Å². The molecule has 0 aromatic carbocycles. The lowest BCUT2D eigenvalue weighted by molar-refractivity contribution is 0.252. The first-order chi connectivity index (χ1) is 6.22. The van der Waals surface area contributed by atoms with E-state index in [9.17, 15) is 4.79 Å². The number of rotatable bonds is 2. The van der Waals surface area contributed by atoms with Crippen LogP contribution in [0.15, 0.2) is 18.3 Å². The number of nitrogens with zero attached hydrogens (tertiary/aromatic N) is 1. The third-order valence-corrected chi connectivity index (χ3v) is 1.51. The maximum absolute atomic E-state index is 11.0. The predicted octanol–water partition coefficient (Wildman–Crippen LogP) is 1.53. The van der Waals surface area contributed by atoms with Gasteiger partial charge in [-0.1, -0.05) is 0 Å². The SMILES string of the molecule is CCNC(=O)Nc1ccc(C)nc1. The second-order valence-corrected chi connectivity index (χ2v) is 2.67. The van der Waals surface area contributed by atoms with Gasteiger partial charge < -0.3 is 10.6 Å². The maximum Gasteiger partial charge on any atom is 0.319 e. The van der Waals surface area contributed by atoms with Gasteiger partial charge in [-0.15, -0.1) is 0 Å². The summed E-state index contributed by atoms with van der Waals surface area (Å²) in [6.45, 7) is 4.38. The fourth-order valence-corrected chi connectivity index (χ4v) is 0.878. The molecule has 1 aromatic heterocycles. The van der Waals surface area contributed by atoms with Crippen molar-refractivity contribution in [3.05, 3.63) is 24.0 Å². The van der Waals surface area contributed by atoms with Crippen LogP contribution in [0.3, 0.4) is 0 Å². The van der Waals surface area contributed by atoms with Crippen molar-refractivity contribution in [3.8, 4) is 0 Å². The van der Waals surface area contributed by atoms with Gasteiger partial charge in [0.15, 0.2) is 0 Å². The summed E-state index contributed by atoms with van der Waals surface area (Å²) in [6, 6.07) is 3.47. The average molecular weight is 179 g/mol. The molecule has 2 amide bonds. The highest BCUT2D eigenvalue weighted by Gasteiger charge is 1.98. The molecule has 0 saturated heterocycles. The number of amides is 2. The minimum atomic E-state index is -0.201. The Balaban J connectivity index is 2.54. The van der Waals surface area contributed by atoms with Crippen molar-refractivity contribution < 1.29 is 4.79 Å². The van der Waals surface area contributed by atoms with Gasteiger partial charge in [0.1, 0.15) is 0 Å². The van der Waals surface area contributed by atoms with E-state index in [1.54, 1.807) is 6.20 Å². The van der Waals surface area contributed by atoms with Crippen LogP contribution >= 0.6 is 0 Å². The van der Waals surface area contributed by atoms with Crippen molar-refractivity contribution in [1.29, 1.82) is 0 Å². The Labute approximate surface area is 77.4 Å². The number of hydrogen-bond acceptors (Lipinski definition) is 2. The molecule has 0 unspecified atom stereocenters. The van der Waals surface area contributed by atoms with Gasteiger partial charge in [0.25, 0.3) is 0 Å². The summed E-state index contributed by atoms with van der Waals surface area (Å²) < 4.78 is 0. The molecular formula is C9H13N3O. The zero-order valence-electron chi connectivity index (χ0n) is 7.79. The van der Waals surface area contributed by atoms with Gasteiger partial charge in [-0.05, 0) is 26.0 Å². The summed E-state index contributed by atoms with van der Waals surface area (Å²) in [5, 5.41) is 5.29. The van der Waals surface area contributed by atoms with Gasteiger partial charge >= 0.3 is 6.03 Å². The smallest absolute Gasteiger partial charge is 0.319 e. The first kappa shape index (κ1) is 9.51. The Morgan fingerprint density at radius 3 is 2.85 bits per heavy atom. The molecule has 0 spiro atoms. The molecule has 1 rings (SSSR count). The molecule has 0 aliphatic heterocycles. The second-order valence-electron chi connectivity index (χ2n) is 2.67. The minimum Gasteiger partial charge on any atom is -0.338 e. The topological polar surface area (TPSA) is 54.0 Å². The standard InChI is InChI=1S/C9H13N3O/c1-3-10-9(13)12-8-5-4-7(2)11-6-8/h4-6H,3H2,1-2H3,(H2,10,12,13). The van der Waals surface area contributed by atoms with Crippen LogP contribution in [0.4, 0.5) is 10.5 Å². The Bertz CT molecular complexity index is 281. The average Bonchev–Trinajstić information content (AvgIpc) is 2.09. The van der Waals surface area contributed by atoms with E-state index < -0.39 is 0 Å². The van der Waals surface area contributed by atoms with Crippen molar-refractivity contribution in [2.45, 2.75) is 13.8 Å². The third-order valence-electron chi connectivity index (χ3n) is 1.51. The molecule has 1 aromatic rings. The van der Waals surface area contributed by atoms with Crippen molar-refractivity contribution in [3.63, 3.8) is 0 Å². The van der Waals surface area contributed by atoms with E-state index in [1.807, 2.05) is 26.0 Å². The number of pyridine rings is 1. The molecule has 0 aliphatic rings. The molecule has 70 valence electrons. The Kier molecular flexibility index (Phi) is 3.25. The number of hydrogen-bond donors (Lipinski definition) is 2. The normalized spacial score (nSPS) is 9.38. The molecular weight excluding hydrogens is 166 g/mol. The van der Waals surface area contributed by atoms with Crippen LogP contribution in [0.1, 0.15) is 12.6 Å². The lowest BCUT2D eigenvalue weighted by Crippen LogP contribution is -2.28. The van der Waals surface area contributed by atoms with Crippen molar-refractivity contribution in [1.82, 2.24) is 10.3 Å². The fourth-order valence-electron chi connectivity index (χ4n) is 0.878. The molecule has 4 heteroatoms. The number of urea groups is 1. The van der Waals surface area contributed by atoms with Crippen molar-refractivity contribution in [2.75, 3.05) is 11.9 Å². The van der Waals surface area contributed by atoms with Gasteiger partial charge in [-0.2, -0.15) is 0 Å². The number of anilines is 1. The molecule has 2 N–H and O–H groups in total. The summed E-state index contributed by atoms with van der Waals surface area (Å²) in [7, 11) is 0. The van der Waals surface area contributed by atoms with Crippen LogP contribution in [0.2, 0.25) is 0 Å². The van der Waals surface area contributed by atoms with Crippen LogP contribution in [0, 0.1) is 6.92 Å². The van der Waals surface area contributed by atoms with Gasteiger partial charge in [0, 0.05) is 12.2 Å². The molecule has 0 radical (unpaired) electrons. The van der Waals surface area contributed by atoms with Crippen molar-refractivity contribution >= 4 is 11.7 Å². The Morgan fingerprint density at radius 2 is 2.31 bits per heavy atom. The van der Waals surface area contributed by atoms with E-state index in [2.05, 4.69) is 15.6 Å². The van der Waals surface area contributed by atoms with E-state index in [0.717, 1.165) is 5.69 Å². The lowest BCUT2D eigenvalue weighted by Gasteiger charge is -2.04. The molecule has 1 heterocycles. The van der Waals surface area contributed by atoms with Gasteiger partial charge in [-0.25, -0.2) is 4.79 Å². The second kappa shape index (κ2) is 4.45. The first-order valence-electron chi connectivity index (χ1n) is 4.20.